The third-order valence-electron chi connectivity index (χ3n) is 3.58. The van der Waals surface area contributed by atoms with Gasteiger partial charge in [-0.1, -0.05) is 29.8 Å². The summed E-state index contributed by atoms with van der Waals surface area (Å²) in [5.74, 6) is 0.134. The Morgan fingerprint density at radius 3 is 2.48 bits per heavy atom. The van der Waals surface area contributed by atoms with Crippen molar-refractivity contribution in [3.05, 3.63) is 54.6 Å². The average Bonchev–Trinajstić information content (AvgIpc) is 3.24. The fourth-order valence-corrected chi connectivity index (χ4v) is 4.23. The summed E-state index contributed by atoms with van der Waals surface area (Å²) < 4.78 is 1.92. The maximum atomic E-state index is 12.8. The summed E-state index contributed by atoms with van der Waals surface area (Å²) in [5, 5.41) is 0. The molecular formula is C16H15Br2NOS. The van der Waals surface area contributed by atoms with E-state index in [9.17, 15) is 4.79 Å². The second kappa shape index (κ2) is 6.23. The number of carbonyl (C=O) groups is 1. The summed E-state index contributed by atoms with van der Waals surface area (Å²) in [7, 11) is 0. The van der Waals surface area contributed by atoms with Gasteiger partial charge in [0.2, 0.25) is 0 Å². The Labute approximate surface area is 145 Å². The molecule has 0 radical (unpaired) electrons. The first kappa shape index (κ1) is 15.3. The zero-order valence-corrected chi connectivity index (χ0v) is 15.6. The molecule has 0 spiro atoms. The van der Waals surface area contributed by atoms with Gasteiger partial charge < -0.3 is 4.90 Å². The Morgan fingerprint density at radius 2 is 1.95 bits per heavy atom. The van der Waals surface area contributed by atoms with Gasteiger partial charge in [0.25, 0.3) is 5.91 Å². The fraction of sp³-hybridized carbons (Fsp3) is 0.312. The highest BCUT2D eigenvalue weighted by molar-refractivity contribution is 9.13. The van der Waals surface area contributed by atoms with E-state index in [0.29, 0.717) is 12.6 Å². The van der Waals surface area contributed by atoms with E-state index in [1.807, 2.05) is 11.0 Å². The third kappa shape index (κ3) is 3.58. The molecule has 0 atom stereocenters. The Morgan fingerprint density at radius 1 is 1.29 bits per heavy atom. The van der Waals surface area contributed by atoms with Crippen LogP contribution in [0.25, 0.3) is 0 Å². The molecule has 5 heteroatoms. The molecule has 1 aromatic carbocycles. The van der Waals surface area contributed by atoms with Crippen LogP contribution >= 0.6 is 43.2 Å². The van der Waals surface area contributed by atoms with Gasteiger partial charge in [-0.25, -0.2) is 0 Å². The molecule has 1 aliphatic carbocycles. The molecule has 21 heavy (non-hydrogen) atoms. The predicted octanol–water partition coefficient (Wildman–Crippen LogP) is 5.39. The number of amides is 1. The lowest BCUT2D eigenvalue weighted by Gasteiger charge is -2.22. The van der Waals surface area contributed by atoms with E-state index in [1.54, 1.807) is 0 Å². The van der Waals surface area contributed by atoms with Crippen LogP contribution in [0.5, 0.6) is 0 Å². The van der Waals surface area contributed by atoms with Gasteiger partial charge in [-0.05, 0) is 63.3 Å². The van der Waals surface area contributed by atoms with Crippen molar-refractivity contribution in [1.29, 1.82) is 0 Å². The van der Waals surface area contributed by atoms with Crippen LogP contribution in [0.1, 0.15) is 33.6 Å². The highest BCUT2D eigenvalue weighted by Gasteiger charge is 2.33. The van der Waals surface area contributed by atoms with Gasteiger partial charge >= 0.3 is 0 Å². The van der Waals surface area contributed by atoms with E-state index >= 15 is 0 Å². The highest BCUT2D eigenvalue weighted by atomic mass is 79.9. The highest BCUT2D eigenvalue weighted by Crippen LogP contribution is 2.36. The zero-order chi connectivity index (χ0) is 15.0. The van der Waals surface area contributed by atoms with Crippen LogP contribution in [-0.4, -0.2) is 16.8 Å². The number of hydrogen-bond acceptors (Lipinski definition) is 2. The second-order valence-electron chi connectivity index (χ2n) is 5.38. The number of nitrogens with zero attached hydrogens (tertiary/aromatic N) is 1. The molecule has 0 saturated heterocycles. The van der Waals surface area contributed by atoms with Gasteiger partial charge in [-0.3, -0.25) is 4.79 Å². The van der Waals surface area contributed by atoms with Crippen LogP contribution in [0.4, 0.5) is 0 Å². The fourth-order valence-electron chi connectivity index (χ4n) is 2.24. The van der Waals surface area contributed by atoms with Gasteiger partial charge in [0.1, 0.15) is 0 Å². The topological polar surface area (TPSA) is 20.3 Å². The molecule has 1 aliphatic rings. The standard InChI is InChI=1S/C16H15Br2NOS/c1-10-2-4-11(5-3-10)9-19(12-6-7-12)16(20)14-8-13(17)15(18)21-14/h2-5,8,12H,6-7,9H2,1H3. The van der Waals surface area contributed by atoms with Crippen LogP contribution in [0.3, 0.4) is 0 Å². The predicted molar refractivity (Wildman–Crippen MR) is 93.8 cm³/mol. The van der Waals surface area contributed by atoms with Crippen LogP contribution in [0.2, 0.25) is 0 Å². The number of halogens is 2. The number of carbonyl (C=O) groups excluding carboxylic acids is 1. The average molecular weight is 429 g/mol. The normalized spacial score (nSPS) is 14.2. The SMILES string of the molecule is Cc1ccc(CN(C(=O)c2cc(Br)c(Br)s2)C2CC2)cc1. The van der Waals surface area contributed by atoms with Crippen molar-refractivity contribution in [2.45, 2.75) is 32.4 Å². The largest absolute Gasteiger partial charge is 0.331 e. The minimum Gasteiger partial charge on any atom is -0.331 e. The number of rotatable bonds is 4. The van der Waals surface area contributed by atoms with Gasteiger partial charge in [0, 0.05) is 17.1 Å². The Kier molecular flexibility index (Phi) is 4.52. The first-order valence-corrected chi connectivity index (χ1v) is 9.26. The summed E-state index contributed by atoms with van der Waals surface area (Å²) in [6.45, 7) is 2.77. The zero-order valence-electron chi connectivity index (χ0n) is 11.6. The van der Waals surface area contributed by atoms with Crippen molar-refractivity contribution >= 4 is 49.1 Å². The van der Waals surface area contributed by atoms with Gasteiger partial charge in [-0.2, -0.15) is 0 Å². The molecule has 110 valence electrons. The van der Waals surface area contributed by atoms with Crippen molar-refractivity contribution in [1.82, 2.24) is 4.90 Å². The molecule has 1 heterocycles. The smallest absolute Gasteiger partial charge is 0.264 e. The molecule has 0 aliphatic heterocycles. The van der Waals surface area contributed by atoms with E-state index in [-0.39, 0.29) is 5.91 Å². The lowest BCUT2D eigenvalue weighted by atomic mass is 10.1. The van der Waals surface area contributed by atoms with Gasteiger partial charge in [0.05, 0.1) is 8.66 Å². The third-order valence-corrected chi connectivity index (χ3v) is 6.82. The van der Waals surface area contributed by atoms with Crippen LogP contribution in [-0.2, 0) is 6.54 Å². The summed E-state index contributed by atoms with van der Waals surface area (Å²) in [6.07, 6.45) is 2.23. The van der Waals surface area contributed by atoms with E-state index in [0.717, 1.165) is 26.0 Å². The summed E-state index contributed by atoms with van der Waals surface area (Å²) in [6, 6.07) is 10.7. The number of aryl methyl sites for hydroxylation is 1. The van der Waals surface area contributed by atoms with Crippen molar-refractivity contribution in [3.63, 3.8) is 0 Å². The maximum Gasteiger partial charge on any atom is 0.264 e. The van der Waals surface area contributed by atoms with Crippen molar-refractivity contribution < 1.29 is 4.79 Å². The molecule has 1 aromatic heterocycles. The Balaban J connectivity index is 1.81. The quantitative estimate of drug-likeness (QED) is 0.639. The maximum absolute atomic E-state index is 12.8. The van der Waals surface area contributed by atoms with Crippen LogP contribution in [0, 0.1) is 6.92 Å². The first-order valence-electron chi connectivity index (χ1n) is 6.86. The monoisotopic (exact) mass is 427 g/mol. The molecular weight excluding hydrogens is 414 g/mol. The van der Waals surface area contributed by atoms with Crippen molar-refractivity contribution in [3.8, 4) is 0 Å². The van der Waals surface area contributed by atoms with Crippen LogP contribution in [0.15, 0.2) is 38.6 Å². The molecule has 2 aromatic rings. The van der Waals surface area contributed by atoms with Crippen LogP contribution < -0.4 is 0 Å². The van der Waals surface area contributed by atoms with Crippen molar-refractivity contribution in [2.75, 3.05) is 0 Å². The Hall–Kier alpha value is -0.650. The lowest BCUT2D eigenvalue weighted by molar-refractivity contribution is 0.0735. The number of hydrogen-bond donors (Lipinski definition) is 0. The van der Waals surface area contributed by atoms with Gasteiger partial charge in [0.15, 0.2) is 0 Å². The van der Waals surface area contributed by atoms with E-state index in [1.165, 1.54) is 22.5 Å². The Bertz CT molecular complexity index is 642. The van der Waals surface area contributed by atoms with E-state index in [2.05, 4.69) is 63.0 Å². The first-order chi connectivity index (χ1) is 10.0. The molecule has 1 saturated carbocycles. The second-order valence-corrected chi connectivity index (χ2v) is 8.61. The minimum absolute atomic E-state index is 0.134. The molecule has 1 fully saturated rings. The summed E-state index contributed by atoms with van der Waals surface area (Å²) in [4.78, 5) is 15.6. The molecule has 3 rings (SSSR count). The summed E-state index contributed by atoms with van der Waals surface area (Å²) in [5.41, 5.74) is 2.43. The minimum atomic E-state index is 0.134. The molecule has 2 nitrogen and oxygen atoms in total. The number of benzene rings is 1. The van der Waals surface area contributed by atoms with Crippen molar-refractivity contribution in [2.24, 2.45) is 0 Å². The lowest BCUT2D eigenvalue weighted by Crippen LogP contribution is -2.32. The van der Waals surface area contributed by atoms with E-state index < -0.39 is 0 Å². The molecule has 0 unspecified atom stereocenters. The molecule has 0 N–H and O–H groups in total. The van der Waals surface area contributed by atoms with Gasteiger partial charge in [-0.15, -0.1) is 11.3 Å². The molecule has 0 bridgehead atoms. The number of thiophene rings is 1. The molecule has 1 amide bonds. The summed E-state index contributed by atoms with van der Waals surface area (Å²) >= 11 is 8.40. The van der Waals surface area contributed by atoms with E-state index in [4.69, 9.17) is 0 Å².